The van der Waals surface area contributed by atoms with Gasteiger partial charge < -0.3 is 10.2 Å². The molecule has 3 heteroatoms. The summed E-state index contributed by atoms with van der Waals surface area (Å²) in [6.07, 6.45) is 7.16. The van der Waals surface area contributed by atoms with Crippen LogP contribution in [0.15, 0.2) is 16.7 Å². The van der Waals surface area contributed by atoms with Crippen LogP contribution in [0.5, 0.6) is 0 Å². The Kier molecular flexibility index (Phi) is 3.80. The van der Waals surface area contributed by atoms with Crippen LogP contribution in [0.3, 0.4) is 0 Å². The van der Waals surface area contributed by atoms with E-state index in [2.05, 4.69) is 4.90 Å². The maximum absolute atomic E-state index is 5.62. The summed E-state index contributed by atoms with van der Waals surface area (Å²) in [6.45, 7) is 3.95. The summed E-state index contributed by atoms with van der Waals surface area (Å²) < 4.78 is 5.33. The van der Waals surface area contributed by atoms with Crippen molar-refractivity contribution in [2.45, 2.75) is 38.8 Å². The second-order valence-corrected chi connectivity index (χ2v) is 4.26. The highest BCUT2D eigenvalue weighted by Gasteiger charge is 2.12. The van der Waals surface area contributed by atoms with Gasteiger partial charge in [0.15, 0.2) is 0 Å². The highest BCUT2D eigenvalue weighted by Crippen LogP contribution is 2.16. The number of likely N-dealkylation sites (tertiary alicyclic amines) is 1. The van der Waals surface area contributed by atoms with Crippen LogP contribution in [0.2, 0.25) is 0 Å². The van der Waals surface area contributed by atoms with Crippen molar-refractivity contribution in [3.05, 3.63) is 23.7 Å². The van der Waals surface area contributed by atoms with E-state index in [1.807, 2.05) is 6.07 Å². The molecule has 0 radical (unpaired) electrons. The molecule has 1 aromatic heterocycles. The summed E-state index contributed by atoms with van der Waals surface area (Å²) in [7, 11) is 0. The van der Waals surface area contributed by atoms with Crippen molar-refractivity contribution >= 4 is 0 Å². The number of nitrogens with two attached hydrogens (primary N) is 1. The lowest BCUT2D eigenvalue weighted by molar-refractivity contribution is 0.274. The van der Waals surface area contributed by atoms with Crippen LogP contribution in [0.25, 0.3) is 0 Å². The van der Waals surface area contributed by atoms with Gasteiger partial charge in [0, 0.05) is 12.1 Å². The molecule has 2 rings (SSSR count). The fraction of sp³-hybridized carbons (Fsp3) is 0.667. The minimum Gasteiger partial charge on any atom is -0.468 e. The van der Waals surface area contributed by atoms with E-state index in [0.717, 1.165) is 12.3 Å². The second-order valence-electron chi connectivity index (χ2n) is 4.26. The lowest BCUT2D eigenvalue weighted by atomic mass is 10.2. The average molecular weight is 208 g/mol. The van der Waals surface area contributed by atoms with Gasteiger partial charge in [0.1, 0.15) is 5.76 Å². The molecule has 0 aromatic carbocycles. The largest absolute Gasteiger partial charge is 0.468 e. The van der Waals surface area contributed by atoms with E-state index in [9.17, 15) is 0 Å². The minimum atomic E-state index is 0.510. The third-order valence-electron chi connectivity index (χ3n) is 3.12. The quantitative estimate of drug-likeness (QED) is 0.827. The zero-order chi connectivity index (χ0) is 10.5. The molecule has 0 bridgehead atoms. The molecule has 1 aliphatic heterocycles. The van der Waals surface area contributed by atoms with E-state index in [-0.39, 0.29) is 0 Å². The average Bonchev–Trinajstić information content (AvgIpc) is 2.53. The van der Waals surface area contributed by atoms with Crippen molar-refractivity contribution in [2.24, 2.45) is 5.73 Å². The number of rotatable bonds is 3. The van der Waals surface area contributed by atoms with E-state index >= 15 is 0 Å². The SMILES string of the molecule is NCc1occc1CN1CCCCCC1. The molecule has 0 atom stereocenters. The molecule has 0 aliphatic carbocycles. The predicted molar refractivity (Wildman–Crippen MR) is 60.3 cm³/mol. The number of furan rings is 1. The fourth-order valence-electron chi connectivity index (χ4n) is 2.22. The van der Waals surface area contributed by atoms with Crippen LogP contribution in [0.4, 0.5) is 0 Å². The van der Waals surface area contributed by atoms with Crippen molar-refractivity contribution in [1.82, 2.24) is 4.90 Å². The Morgan fingerprint density at radius 2 is 1.93 bits per heavy atom. The normalized spacial score (nSPS) is 19.0. The standard InChI is InChI=1S/C12H20N2O/c13-9-12-11(5-8-15-12)10-14-6-3-1-2-4-7-14/h5,8H,1-4,6-7,9-10,13H2. The number of nitrogens with zero attached hydrogens (tertiary/aromatic N) is 1. The van der Waals surface area contributed by atoms with Gasteiger partial charge in [-0.15, -0.1) is 0 Å². The minimum absolute atomic E-state index is 0.510. The fourth-order valence-corrected chi connectivity index (χ4v) is 2.22. The van der Waals surface area contributed by atoms with Gasteiger partial charge in [-0.25, -0.2) is 0 Å². The third kappa shape index (κ3) is 2.83. The molecule has 2 N–H and O–H groups in total. The van der Waals surface area contributed by atoms with Crippen molar-refractivity contribution in [2.75, 3.05) is 13.1 Å². The van der Waals surface area contributed by atoms with Gasteiger partial charge in [-0.05, 0) is 32.0 Å². The molecule has 1 aromatic rings. The predicted octanol–water partition coefficient (Wildman–Crippen LogP) is 2.11. The van der Waals surface area contributed by atoms with Crippen molar-refractivity contribution in [1.29, 1.82) is 0 Å². The first-order valence-corrected chi connectivity index (χ1v) is 5.88. The van der Waals surface area contributed by atoms with Crippen LogP contribution in [-0.4, -0.2) is 18.0 Å². The van der Waals surface area contributed by atoms with E-state index in [0.29, 0.717) is 6.54 Å². The Hall–Kier alpha value is -0.800. The Balaban J connectivity index is 1.94. The van der Waals surface area contributed by atoms with E-state index in [4.69, 9.17) is 10.2 Å². The Bertz CT molecular complexity index is 288. The summed E-state index contributed by atoms with van der Waals surface area (Å²) in [5.74, 6) is 0.944. The summed E-state index contributed by atoms with van der Waals surface area (Å²) in [5, 5.41) is 0. The van der Waals surface area contributed by atoms with Crippen molar-refractivity contribution in [3.63, 3.8) is 0 Å². The van der Waals surface area contributed by atoms with Crippen LogP contribution in [0, 0.1) is 0 Å². The van der Waals surface area contributed by atoms with Crippen LogP contribution in [0.1, 0.15) is 37.0 Å². The van der Waals surface area contributed by atoms with Gasteiger partial charge >= 0.3 is 0 Å². The van der Waals surface area contributed by atoms with Crippen molar-refractivity contribution < 1.29 is 4.42 Å². The lowest BCUT2D eigenvalue weighted by Gasteiger charge is -2.19. The van der Waals surface area contributed by atoms with Gasteiger partial charge in [0.2, 0.25) is 0 Å². The molecular weight excluding hydrogens is 188 g/mol. The first kappa shape index (κ1) is 10.7. The molecule has 0 unspecified atom stereocenters. The highest BCUT2D eigenvalue weighted by molar-refractivity contribution is 5.16. The van der Waals surface area contributed by atoms with Gasteiger partial charge in [0.25, 0.3) is 0 Å². The third-order valence-corrected chi connectivity index (χ3v) is 3.12. The van der Waals surface area contributed by atoms with Crippen LogP contribution < -0.4 is 5.73 Å². The Labute approximate surface area is 91.2 Å². The summed E-state index contributed by atoms with van der Waals surface area (Å²) in [4.78, 5) is 2.51. The molecule has 1 fully saturated rings. The van der Waals surface area contributed by atoms with Crippen LogP contribution >= 0.6 is 0 Å². The summed E-state index contributed by atoms with van der Waals surface area (Å²) >= 11 is 0. The maximum atomic E-state index is 5.62. The first-order valence-electron chi connectivity index (χ1n) is 5.88. The molecule has 1 aliphatic rings. The van der Waals surface area contributed by atoms with Gasteiger partial charge in [-0.3, -0.25) is 4.90 Å². The smallest absolute Gasteiger partial charge is 0.121 e. The lowest BCUT2D eigenvalue weighted by Crippen LogP contribution is -2.24. The van der Waals surface area contributed by atoms with E-state index < -0.39 is 0 Å². The molecule has 0 spiro atoms. The Morgan fingerprint density at radius 3 is 2.60 bits per heavy atom. The molecule has 3 nitrogen and oxygen atoms in total. The first-order chi connectivity index (χ1) is 7.40. The molecule has 0 amide bonds. The van der Waals surface area contributed by atoms with Gasteiger partial charge in [0.05, 0.1) is 12.8 Å². The van der Waals surface area contributed by atoms with Crippen molar-refractivity contribution in [3.8, 4) is 0 Å². The summed E-state index contributed by atoms with van der Waals surface area (Å²) in [5.41, 5.74) is 6.88. The maximum Gasteiger partial charge on any atom is 0.121 e. The molecular formula is C12H20N2O. The zero-order valence-corrected chi connectivity index (χ0v) is 9.24. The van der Waals surface area contributed by atoms with E-state index in [1.54, 1.807) is 6.26 Å². The molecule has 84 valence electrons. The van der Waals surface area contributed by atoms with Gasteiger partial charge in [-0.1, -0.05) is 12.8 Å². The zero-order valence-electron chi connectivity index (χ0n) is 9.24. The molecule has 2 heterocycles. The topological polar surface area (TPSA) is 42.4 Å². The van der Waals surface area contributed by atoms with Gasteiger partial charge in [-0.2, -0.15) is 0 Å². The monoisotopic (exact) mass is 208 g/mol. The highest BCUT2D eigenvalue weighted by atomic mass is 16.3. The second kappa shape index (κ2) is 5.33. The summed E-state index contributed by atoms with van der Waals surface area (Å²) in [6, 6.07) is 2.05. The Morgan fingerprint density at radius 1 is 1.20 bits per heavy atom. The molecule has 0 saturated carbocycles. The van der Waals surface area contributed by atoms with E-state index in [1.165, 1.54) is 44.3 Å². The van der Waals surface area contributed by atoms with Crippen LogP contribution in [-0.2, 0) is 13.1 Å². The molecule has 1 saturated heterocycles. The molecule has 15 heavy (non-hydrogen) atoms. The number of hydrogen-bond donors (Lipinski definition) is 1. The number of hydrogen-bond acceptors (Lipinski definition) is 3.